The fourth-order valence-electron chi connectivity index (χ4n) is 3.13. The summed E-state index contributed by atoms with van der Waals surface area (Å²) in [6, 6.07) is 2.14. The summed E-state index contributed by atoms with van der Waals surface area (Å²) in [5, 5.41) is 3.67. The molecule has 1 aliphatic carbocycles. The third-order valence-corrected chi connectivity index (χ3v) is 5.80. The average molecular weight is 333 g/mol. The molecule has 2 heterocycles. The molecule has 0 radical (unpaired) electrons. The number of nitrogens with zero attached hydrogens (tertiary/aromatic N) is 2. The number of fused-ring (bicyclic) bond motifs is 1. The monoisotopic (exact) mass is 333 g/mol. The van der Waals surface area contributed by atoms with Crippen molar-refractivity contribution in [3.63, 3.8) is 0 Å². The SMILES string of the molecule is CCc1cc2c(=O)n(CC(=O)NC3CCC(C)CC3)cnc2s1. The molecule has 0 saturated heterocycles. The third kappa shape index (κ3) is 3.63. The van der Waals surface area contributed by atoms with E-state index in [1.165, 1.54) is 10.9 Å². The first kappa shape index (κ1) is 16.2. The van der Waals surface area contributed by atoms with Crippen LogP contribution in [0.3, 0.4) is 0 Å². The molecule has 0 spiro atoms. The highest BCUT2D eigenvalue weighted by molar-refractivity contribution is 7.18. The topological polar surface area (TPSA) is 64.0 Å². The summed E-state index contributed by atoms with van der Waals surface area (Å²) in [5.41, 5.74) is -0.127. The fourth-order valence-corrected chi connectivity index (χ4v) is 4.05. The van der Waals surface area contributed by atoms with Crippen LogP contribution in [0.4, 0.5) is 0 Å². The van der Waals surface area contributed by atoms with Crippen LogP contribution in [0.5, 0.6) is 0 Å². The Morgan fingerprint density at radius 2 is 2.13 bits per heavy atom. The minimum absolute atomic E-state index is 0.0468. The van der Waals surface area contributed by atoms with Gasteiger partial charge >= 0.3 is 0 Å². The fraction of sp³-hybridized carbons (Fsp3) is 0.588. The standard InChI is InChI=1S/C17H23N3O2S/c1-3-13-8-14-16(23-13)18-10-20(17(14)22)9-15(21)19-12-6-4-11(2)5-7-12/h8,10-12H,3-7,9H2,1-2H3,(H,19,21). The number of aromatic nitrogens is 2. The highest BCUT2D eigenvalue weighted by Crippen LogP contribution is 2.23. The number of carbonyl (C=O) groups excluding carboxylic acids is 1. The Balaban J connectivity index is 1.69. The zero-order valence-electron chi connectivity index (χ0n) is 13.7. The summed E-state index contributed by atoms with van der Waals surface area (Å²) in [5.74, 6) is 0.655. The summed E-state index contributed by atoms with van der Waals surface area (Å²) in [7, 11) is 0. The van der Waals surface area contributed by atoms with Crippen molar-refractivity contribution in [1.82, 2.24) is 14.9 Å². The normalized spacial score (nSPS) is 21.5. The van der Waals surface area contributed by atoms with E-state index in [1.807, 2.05) is 6.07 Å². The smallest absolute Gasteiger partial charge is 0.262 e. The van der Waals surface area contributed by atoms with E-state index in [0.29, 0.717) is 5.39 Å². The summed E-state index contributed by atoms with van der Waals surface area (Å²) in [6.07, 6.45) is 6.76. The van der Waals surface area contributed by atoms with E-state index < -0.39 is 0 Å². The lowest BCUT2D eigenvalue weighted by atomic mass is 9.87. The van der Waals surface area contributed by atoms with Gasteiger partial charge in [0.25, 0.3) is 5.56 Å². The number of carbonyl (C=O) groups is 1. The Morgan fingerprint density at radius 3 is 2.83 bits per heavy atom. The Kier molecular flexibility index (Phi) is 4.80. The van der Waals surface area contributed by atoms with Gasteiger partial charge in [-0.15, -0.1) is 11.3 Å². The molecule has 1 N–H and O–H groups in total. The molecule has 1 amide bonds. The number of nitrogens with one attached hydrogen (secondary N) is 1. The van der Waals surface area contributed by atoms with Gasteiger partial charge in [-0.1, -0.05) is 13.8 Å². The molecule has 0 aliphatic heterocycles. The van der Waals surface area contributed by atoms with Gasteiger partial charge in [-0.2, -0.15) is 0 Å². The molecule has 1 fully saturated rings. The number of amides is 1. The number of rotatable bonds is 4. The van der Waals surface area contributed by atoms with E-state index in [-0.39, 0.29) is 24.1 Å². The maximum atomic E-state index is 12.5. The number of hydrogen-bond donors (Lipinski definition) is 1. The third-order valence-electron chi connectivity index (χ3n) is 4.61. The van der Waals surface area contributed by atoms with Crippen LogP contribution >= 0.6 is 11.3 Å². The Labute approximate surface area is 139 Å². The second kappa shape index (κ2) is 6.83. The Morgan fingerprint density at radius 1 is 1.39 bits per heavy atom. The first-order valence-electron chi connectivity index (χ1n) is 8.34. The van der Waals surface area contributed by atoms with E-state index in [0.717, 1.165) is 47.7 Å². The second-order valence-corrected chi connectivity index (χ2v) is 7.60. The van der Waals surface area contributed by atoms with Crippen LogP contribution in [-0.2, 0) is 17.8 Å². The number of aryl methyl sites for hydroxylation is 1. The minimum atomic E-state index is -0.127. The summed E-state index contributed by atoms with van der Waals surface area (Å²) >= 11 is 1.54. The van der Waals surface area contributed by atoms with Crippen molar-refractivity contribution in [3.05, 3.63) is 27.6 Å². The first-order chi connectivity index (χ1) is 11.1. The molecule has 0 bridgehead atoms. The highest BCUT2D eigenvalue weighted by Gasteiger charge is 2.20. The molecular weight excluding hydrogens is 310 g/mol. The molecule has 124 valence electrons. The molecular formula is C17H23N3O2S. The van der Waals surface area contributed by atoms with E-state index in [2.05, 4.69) is 24.1 Å². The van der Waals surface area contributed by atoms with E-state index in [9.17, 15) is 9.59 Å². The van der Waals surface area contributed by atoms with Gasteiger partial charge in [-0.3, -0.25) is 14.2 Å². The maximum absolute atomic E-state index is 12.5. The number of thiophene rings is 1. The van der Waals surface area contributed by atoms with Crippen LogP contribution in [0.2, 0.25) is 0 Å². The predicted molar refractivity (Wildman–Crippen MR) is 92.8 cm³/mol. The molecule has 3 rings (SSSR count). The zero-order valence-corrected chi connectivity index (χ0v) is 14.5. The lowest BCUT2D eigenvalue weighted by Crippen LogP contribution is -2.40. The van der Waals surface area contributed by atoms with Gasteiger partial charge in [0, 0.05) is 10.9 Å². The first-order valence-corrected chi connectivity index (χ1v) is 9.15. The quantitative estimate of drug-likeness (QED) is 0.935. The molecule has 0 aromatic carbocycles. The second-order valence-electron chi connectivity index (χ2n) is 6.49. The molecule has 5 nitrogen and oxygen atoms in total. The average Bonchev–Trinajstić information content (AvgIpc) is 2.96. The van der Waals surface area contributed by atoms with Crippen molar-refractivity contribution in [3.8, 4) is 0 Å². The van der Waals surface area contributed by atoms with E-state index in [1.54, 1.807) is 11.3 Å². The van der Waals surface area contributed by atoms with Gasteiger partial charge in [0.05, 0.1) is 11.7 Å². The van der Waals surface area contributed by atoms with Crippen molar-refractivity contribution in [1.29, 1.82) is 0 Å². The molecule has 2 aromatic rings. The highest BCUT2D eigenvalue weighted by atomic mass is 32.1. The molecule has 0 unspecified atom stereocenters. The predicted octanol–water partition coefficient (Wildman–Crippen LogP) is 2.72. The Hall–Kier alpha value is -1.69. The number of hydrogen-bond acceptors (Lipinski definition) is 4. The van der Waals surface area contributed by atoms with Crippen LogP contribution in [0.1, 0.15) is 44.4 Å². The molecule has 6 heteroatoms. The summed E-state index contributed by atoms with van der Waals surface area (Å²) < 4.78 is 1.41. The lowest BCUT2D eigenvalue weighted by Gasteiger charge is -2.26. The van der Waals surface area contributed by atoms with Crippen LogP contribution in [0, 0.1) is 5.92 Å². The largest absolute Gasteiger partial charge is 0.352 e. The van der Waals surface area contributed by atoms with E-state index in [4.69, 9.17) is 0 Å². The molecule has 2 aromatic heterocycles. The van der Waals surface area contributed by atoms with Crippen LogP contribution in [0.15, 0.2) is 17.2 Å². The molecule has 0 atom stereocenters. The maximum Gasteiger partial charge on any atom is 0.262 e. The van der Waals surface area contributed by atoms with Crippen LogP contribution in [-0.4, -0.2) is 21.5 Å². The van der Waals surface area contributed by atoms with Gasteiger partial charge in [0.15, 0.2) is 0 Å². The van der Waals surface area contributed by atoms with Gasteiger partial charge in [0.1, 0.15) is 11.4 Å². The van der Waals surface area contributed by atoms with Crippen molar-refractivity contribution < 1.29 is 4.79 Å². The lowest BCUT2D eigenvalue weighted by molar-refractivity contribution is -0.122. The van der Waals surface area contributed by atoms with Crippen molar-refractivity contribution in [2.45, 2.75) is 58.5 Å². The van der Waals surface area contributed by atoms with Crippen molar-refractivity contribution in [2.75, 3.05) is 0 Å². The van der Waals surface area contributed by atoms with Crippen LogP contribution in [0.25, 0.3) is 10.2 Å². The van der Waals surface area contributed by atoms with Gasteiger partial charge in [-0.25, -0.2) is 4.98 Å². The van der Waals surface area contributed by atoms with E-state index >= 15 is 0 Å². The Bertz CT molecular complexity index is 757. The molecule has 1 saturated carbocycles. The van der Waals surface area contributed by atoms with Crippen molar-refractivity contribution in [2.24, 2.45) is 5.92 Å². The summed E-state index contributed by atoms with van der Waals surface area (Å²) in [4.78, 5) is 30.9. The molecule has 1 aliphatic rings. The summed E-state index contributed by atoms with van der Waals surface area (Å²) in [6.45, 7) is 4.36. The van der Waals surface area contributed by atoms with Gasteiger partial charge in [-0.05, 0) is 44.1 Å². The molecule has 23 heavy (non-hydrogen) atoms. The van der Waals surface area contributed by atoms with Crippen LogP contribution < -0.4 is 10.9 Å². The van der Waals surface area contributed by atoms with Gasteiger partial charge < -0.3 is 5.32 Å². The minimum Gasteiger partial charge on any atom is -0.352 e. The van der Waals surface area contributed by atoms with Gasteiger partial charge in [0.2, 0.25) is 5.91 Å². The van der Waals surface area contributed by atoms with Crippen molar-refractivity contribution >= 4 is 27.5 Å². The zero-order chi connectivity index (χ0) is 16.4.